The molecule has 21 heavy (non-hydrogen) atoms. The zero-order chi connectivity index (χ0) is 15.6. The van der Waals surface area contributed by atoms with Crippen LogP contribution in [-0.4, -0.2) is 49.0 Å². The third-order valence-electron chi connectivity index (χ3n) is 3.49. The Morgan fingerprint density at radius 2 is 2.00 bits per heavy atom. The Kier molecular flexibility index (Phi) is 4.45. The van der Waals surface area contributed by atoms with Crippen molar-refractivity contribution in [3.05, 3.63) is 28.3 Å². The Hall–Kier alpha value is -1.71. The zero-order valence-corrected chi connectivity index (χ0v) is 12.3. The molecule has 116 valence electrons. The molecule has 0 aromatic heterocycles. The fourth-order valence-corrected chi connectivity index (χ4v) is 3.99. The van der Waals surface area contributed by atoms with E-state index in [1.807, 2.05) is 0 Å². The summed E-state index contributed by atoms with van der Waals surface area (Å²) in [5.41, 5.74) is -0.302. The molecule has 1 aliphatic heterocycles. The van der Waals surface area contributed by atoms with Crippen LogP contribution in [0.2, 0.25) is 0 Å². The minimum atomic E-state index is -3.95. The first-order valence-corrected chi connectivity index (χ1v) is 7.95. The van der Waals surface area contributed by atoms with Gasteiger partial charge in [-0.1, -0.05) is 6.07 Å². The molecule has 8 nitrogen and oxygen atoms in total. The van der Waals surface area contributed by atoms with Crippen LogP contribution in [0.25, 0.3) is 0 Å². The average Bonchev–Trinajstić information content (AvgIpc) is 2.46. The van der Waals surface area contributed by atoms with Crippen molar-refractivity contribution in [1.82, 2.24) is 4.31 Å². The smallest absolute Gasteiger partial charge is 0.312 e. The lowest BCUT2D eigenvalue weighted by molar-refractivity contribution is -0.386. The third-order valence-corrected chi connectivity index (χ3v) is 5.42. The topological polar surface area (TPSA) is 113 Å². The standard InChI is InChI=1S/C12H17N3O5S/c1-13-10-3-2-4-11(12(10)15(17)18)21(19,20)14-7-5-9(16)6-8-14/h2-4,9,13,16H,5-8H2,1H3. The molecule has 0 radical (unpaired) electrons. The van der Waals surface area contributed by atoms with Gasteiger partial charge in [0, 0.05) is 20.1 Å². The molecule has 1 heterocycles. The predicted octanol–water partition coefficient (Wildman–Crippen LogP) is 0.782. The number of aliphatic hydroxyl groups excluding tert-OH is 1. The first-order valence-electron chi connectivity index (χ1n) is 6.51. The molecule has 1 saturated heterocycles. The van der Waals surface area contributed by atoms with Crippen molar-refractivity contribution in [2.24, 2.45) is 0 Å². The van der Waals surface area contributed by atoms with E-state index in [9.17, 15) is 23.6 Å². The van der Waals surface area contributed by atoms with Crippen LogP contribution in [0.15, 0.2) is 23.1 Å². The number of piperidine rings is 1. The molecule has 0 unspecified atom stereocenters. The molecule has 0 atom stereocenters. The largest absolute Gasteiger partial charge is 0.393 e. The number of nitro groups is 1. The average molecular weight is 315 g/mol. The van der Waals surface area contributed by atoms with E-state index in [4.69, 9.17) is 0 Å². The van der Waals surface area contributed by atoms with E-state index >= 15 is 0 Å². The van der Waals surface area contributed by atoms with Gasteiger partial charge in [-0.05, 0) is 25.0 Å². The molecule has 2 rings (SSSR count). The predicted molar refractivity (Wildman–Crippen MR) is 76.6 cm³/mol. The van der Waals surface area contributed by atoms with E-state index in [0.29, 0.717) is 12.8 Å². The number of nitro benzene ring substituents is 1. The molecular formula is C12H17N3O5S. The van der Waals surface area contributed by atoms with Crippen molar-refractivity contribution < 1.29 is 18.4 Å². The van der Waals surface area contributed by atoms with Gasteiger partial charge < -0.3 is 10.4 Å². The quantitative estimate of drug-likeness (QED) is 0.627. The number of nitrogens with one attached hydrogen (secondary N) is 1. The monoisotopic (exact) mass is 315 g/mol. The SMILES string of the molecule is CNc1cccc(S(=O)(=O)N2CCC(O)CC2)c1[N+](=O)[O-]. The van der Waals surface area contributed by atoms with E-state index in [1.165, 1.54) is 29.6 Å². The lowest BCUT2D eigenvalue weighted by Gasteiger charge is -2.28. The van der Waals surface area contributed by atoms with Crippen LogP contribution < -0.4 is 5.32 Å². The van der Waals surface area contributed by atoms with E-state index in [1.54, 1.807) is 0 Å². The summed E-state index contributed by atoms with van der Waals surface area (Å²) in [6, 6.07) is 4.15. The molecule has 0 aliphatic carbocycles. The summed E-state index contributed by atoms with van der Waals surface area (Å²) < 4.78 is 26.4. The molecule has 2 N–H and O–H groups in total. The second-order valence-corrected chi connectivity index (χ2v) is 6.70. The van der Waals surface area contributed by atoms with Crippen LogP contribution in [0, 0.1) is 10.1 Å². The number of benzene rings is 1. The molecule has 0 amide bonds. The first-order chi connectivity index (χ1) is 9.87. The van der Waals surface area contributed by atoms with Gasteiger partial charge >= 0.3 is 5.69 Å². The summed E-state index contributed by atoms with van der Waals surface area (Å²) >= 11 is 0. The highest BCUT2D eigenvalue weighted by Crippen LogP contribution is 2.34. The first kappa shape index (κ1) is 15.7. The van der Waals surface area contributed by atoms with Crippen LogP contribution in [0.3, 0.4) is 0 Å². The zero-order valence-electron chi connectivity index (χ0n) is 11.5. The van der Waals surface area contributed by atoms with Gasteiger partial charge in [-0.3, -0.25) is 10.1 Å². The Labute approximate surface area is 122 Å². The van der Waals surface area contributed by atoms with Crippen LogP contribution in [-0.2, 0) is 10.0 Å². The number of para-hydroxylation sites is 1. The Morgan fingerprint density at radius 3 is 2.52 bits per heavy atom. The minimum absolute atomic E-state index is 0.151. The number of anilines is 1. The second kappa shape index (κ2) is 5.96. The molecule has 1 aromatic rings. The van der Waals surface area contributed by atoms with E-state index in [0.717, 1.165) is 0 Å². The number of hydrogen-bond donors (Lipinski definition) is 2. The minimum Gasteiger partial charge on any atom is -0.393 e. The van der Waals surface area contributed by atoms with Crippen LogP contribution in [0.4, 0.5) is 11.4 Å². The van der Waals surface area contributed by atoms with Crippen molar-refractivity contribution >= 4 is 21.4 Å². The van der Waals surface area contributed by atoms with Gasteiger partial charge in [-0.15, -0.1) is 0 Å². The maximum atomic E-state index is 12.6. The van der Waals surface area contributed by atoms with Crippen LogP contribution in [0.5, 0.6) is 0 Å². The number of sulfonamides is 1. The third kappa shape index (κ3) is 2.99. The summed E-state index contributed by atoms with van der Waals surface area (Å²) in [7, 11) is -2.46. The van der Waals surface area contributed by atoms with Gasteiger partial charge in [0.1, 0.15) is 5.69 Å². The Bertz CT molecular complexity index is 638. The van der Waals surface area contributed by atoms with Crippen molar-refractivity contribution in [1.29, 1.82) is 0 Å². The molecule has 9 heteroatoms. The molecule has 1 fully saturated rings. The van der Waals surface area contributed by atoms with Gasteiger partial charge in [0.25, 0.3) is 0 Å². The summed E-state index contributed by atoms with van der Waals surface area (Å²) in [5.74, 6) is 0. The highest BCUT2D eigenvalue weighted by atomic mass is 32.2. The normalized spacial score (nSPS) is 17.6. The molecule has 1 aromatic carbocycles. The van der Waals surface area contributed by atoms with Gasteiger partial charge in [-0.2, -0.15) is 4.31 Å². The highest BCUT2D eigenvalue weighted by Gasteiger charge is 2.35. The Morgan fingerprint density at radius 1 is 1.38 bits per heavy atom. The number of aliphatic hydroxyl groups is 1. The molecule has 0 spiro atoms. The van der Waals surface area contributed by atoms with Gasteiger partial charge in [0.05, 0.1) is 11.0 Å². The molecular weight excluding hydrogens is 298 g/mol. The van der Waals surface area contributed by atoms with Crippen molar-refractivity contribution in [3.63, 3.8) is 0 Å². The van der Waals surface area contributed by atoms with Crippen LogP contribution >= 0.6 is 0 Å². The summed E-state index contributed by atoms with van der Waals surface area (Å²) in [4.78, 5) is 10.2. The van der Waals surface area contributed by atoms with Gasteiger partial charge in [0.2, 0.25) is 10.0 Å². The lowest BCUT2D eigenvalue weighted by atomic mass is 10.1. The van der Waals surface area contributed by atoms with Gasteiger partial charge in [-0.25, -0.2) is 8.42 Å². The summed E-state index contributed by atoms with van der Waals surface area (Å²) in [6.45, 7) is 0.314. The van der Waals surface area contributed by atoms with Gasteiger partial charge in [0.15, 0.2) is 4.90 Å². The van der Waals surface area contributed by atoms with E-state index in [-0.39, 0.29) is 23.7 Å². The number of hydrogen-bond acceptors (Lipinski definition) is 6. The summed E-state index contributed by atoms with van der Waals surface area (Å²) in [6.07, 6.45) is 0.146. The highest BCUT2D eigenvalue weighted by molar-refractivity contribution is 7.89. The summed E-state index contributed by atoms with van der Waals surface area (Å²) in [5, 5.41) is 23.3. The molecule has 0 bridgehead atoms. The molecule has 0 saturated carbocycles. The van der Waals surface area contributed by atoms with Crippen molar-refractivity contribution in [3.8, 4) is 0 Å². The van der Waals surface area contributed by atoms with E-state index < -0.39 is 26.7 Å². The fraction of sp³-hybridized carbons (Fsp3) is 0.500. The Balaban J connectivity index is 2.47. The maximum absolute atomic E-state index is 12.6. The van der Waals surface area contributed by atoms with Crippen molar-refractivity contribution in [2.45, 2.75) is 23.8 Å². The van der Waals surface area contributed by atoms with Crippen molar-refractivity contribution in [2.75, 3.05) is 25.5 Å². The van der Waals surface area contributed by atoms with E-state index in [2.05, 4.69) is 5.32 Å². The number of nitrogens with zero attached hydrogens (tertiary/aromatic N) is 2. The molecule has 1 aliphatic rings. The van der Waals surface area contributed by atoms with Crippen LogP contribution in [0.1, 0.15) is 12.8 Å². The fourth-order valence-electron chi connectivity index (χ4n) is 2.34. The second-order valence-electron chi connectivity index (χ2n) is 4.79. The maximum Gasteiger partial charge on any atom is 0.312 e. The number of rotatable bonds is 4. The lowest BCUT2D eigenvalue weighted by Crippen LogP contribution is -2.40.